The minimum absolute atomic E-state index is 0.171. The molecule has 1 aromatic heterocycles. The van der Waals surface area contributed by atoms with Crippen molar-refractivity contribution in [1.82, 2.24) is 4.98 Å². The summed E-state index contributed by atoms with van der Waals surface area (Å²) in [5, 5.41) is 11.3. The fraction of sp³-hybridized carbons (Fsp3) is 0.333. The highest BCUT2D eigenvalue weighted by atomic mass is 16.5. The average molecular weight is 639 g/mol. The summed E-state index contributed by atoms with van der Waals surface area (Å²) in [4.78, 5) is 54.7. The molecule has 5 rings (SSSR count). The largest absolute Gasteiger partial charge is 0.515 e. The summed E-state index contributed by atoms with van der Waals surface area (Å²) in [6, 6.07) is 1.81. The van der Waals surface area contributed by atoms with Gasteiger partial charge in [-0.3, -0.25) is 14.4 Å². The second kappa shape index (κ2) is 14.0. The standard InChI is InChI=1S/C36H38N4O7/c1-19-24(7-10-34(42)45-4)31-14-23-13-22(18-41)30(37-23)16-29-21(3)26(9-12-36(44)47-6)33(40-29)17-32-25(8-11-35(43)46-5)20(2)28(39-32)15-27(19)38-31/h13-18,37,41H,7-12H2,1-6H3/b22-18-,28-15?,30-16?,31-14?,33-17?. The second-order valence-corrected chi connectivity index (χ2v) is 11.5. The fourth-order valence-electron chi connectivity index (χ4n) is 5.95. The van der Waals surface area contributed by atoms with Gasteiger partial charge in [-0.15, -0.1) is 0 Å². The maximum atomic E-state index is 12.2. The normalized spacial score (nSPS) is 17.5. The summed E-state index contributed by atoms with van der Waals surface area (Å²) in [6.07, 6.45) is 10.3. The number of ether oxygens (including phenoxy) is 3. The molecule has 2 N–H and O–H groups in total. The van der Waals surface area contributed by atoms with Crippen LogP contribution >= 0.6 is 0 Å². The second-order valence-electron chi connectivity index (χ2n) is 11.5. The smallest absolute Gasteiger partial charge is 0.305 e. The number of carbonyl (C=O) groups excluding carboxylic acids is 3. The SMILES string of the molecule is COC(=O)CCC1=C(C)C2=NC1=Cc1c/c(=C/O)c([nH]1)=CC1=NC(=CC3=NC(=C2)C(C)=C3CCC(=O)OC)C(CCC(=O)OC)=C1C. The molecule has 0 atom stereocenters. The zero-order valence-electron chi connectivity index (χ0n) is 27.4. The lowest BCUT2D eigenvalue weighted by Gasteiger charge is -2.08. The van der Waals surface area contributed by atoms with Gasteiger partial charge in [-0.25, -0.2) is 15.0 Å². The van der Waals surface area contributed by atoms with Crippen LogP contribution in [0.4, 0.5) is 0 Å². The Labute approximate surface area is 272 Å². The third-order valence-electron chi connectivity index (χ3n) is 8.74. The first-order valence-corrected chi connectivity index (χ1v) is 15.3. The number of fused-ring (bicyclic) bond motifs is 5. The number of hydrogen-bond acceptors (Lipinski definition) is 10. The number of allylic oxidation sites excluding steroid dienone is 8. The van der Waals surface area contributed by atoms with Gasteiger partial charge in [0.05, 0.1) is 67.2 Å². The molecule has 11 heteroatoms. The summed E-state index contributed by atoms with van der Waals surface area (Å²) in [7, 11) is 4.09. The fourth-order valence-corrected chi connectivity index (χ4v) is 5.95. The quantitative estimate of drug-likeness (QED) is 0.301. The van der Waals surface area contributed by atoms with Crippen LogP contribution in [0.3, 0.4) is 0 Å². The van der Waals surface area contributed by atoms with Crippen molar-refractivity contribution in [2.24, 2.45) is 15.0 Å². The molecule has 0 saturated carbocycles. The molecule has 0 aromatic carbocycles. The summed E-state index contributed by atoms with van der Waals surface area (Å²) in [5.41, 5.74) is 10.1. The number of nitrogens with one attached hydrogen (secondary N) is 1. The van der Waals surface area contributed by atoms with Gasteiger partial charge >= 0.3 is 17.9 Å². The predicted molar refractivity (Wildman–Crippen MR) is 180 cm³/mol. The van der Waals surface area contributed by atoms with E-state index in [-0.39, 0.29) is 37.2 Å². The number of aliphatic imine (C=N–C) groups is 3. The zero-order chi connectivity index (χ0) is 33.8. The van der Waals surface area contributed by atoms with Crippen molar-refractivity contribution in [3.63, 3.8) is 0 Å². The molecule has 0 saturated heterocycles. The molecule has 0 amide bonds. The molecule has 5 heterocycles. The van der Waals surface area contributed by atoms with Gasteiger partial charge in [0, 0.05) is 30.2 Å². The van der Waals surface area contributed by atoms with Crippen molar-refractivity contribution in [3.8, 4) is 0 Å². The third kappa shape index (κ3) is 6.94. The number of aromatic nitrogens is 1. The first-order valence-electron chi connectivity index (χ1n) is 15.3. The Balaban J connectivity index is 1.74. The van der Waals surface area contributed by atoms with Crippen LogP contribution in [-0.2, 0) is 28.6 Å². The summed E-state index contributed by atoms with van der Waals surface area (Å²) < 4.78 is 14.7. The summed E-state index contributed by atoms with van der Waals surface area (Å²) in [6.45, 7) is 5.88. The number of rotatable bonds is 9. The highest BCUT2D eigenvalue weighted by Crippen LogP contribution is 2.36. The number of nitrogens with zero attached hydrogens (tertiary/aromatic N) is 3. The van der Waals surface area contributed by atoms with Gasteiger partial charge in [-0.2, -0.15) is 0 Å². The summed E-state index contributed by atoms with van der Waals surface area (Å²) in [5.74, 6) is -0.979. The van der Waals surface area contributed by atoms with Crippen LogP contribution in [-0.4, -0.2) is 66.5 Å². The number of aromatic amines is 1. The molecule has 0 unspecified atom stereocenters. The van der Waals surface area contributed by atoms with E-state index in [2.05, 4.69) is 4.98 Å². The van der Waals surface area contributed by atoms with Crippen LogP contribution in [0.15, 0.2) is 83.7 Å². The Morgan fingerprint density at radius 1 is 0.660 bits per heavy atom. The zero-order valence-corrected chi connectivity index (χ0v) is 27.4. The predicted octanol–water partition coefficient (Wildman–Crippen LogP) is 4.39. The minimum atomic E-state index is -0.331. The van der Waals surface area contributed by atoms with E-state index in [9.17, 15) is 19.5 Å². The summed E-state index contributed by atoms with van der Waals surface area (Å²) >= 11 is 0. The van der Waals surface area contributed by atoms with Crippen molar-refractivity contribution < 1.29 is 33.7 Å². The first kappa shape index (κ1) is 33.1. The van der Waals surface area contributed by atoms with Crippen LogP contribution in [0.2, 0.25) is 0 Å². The Morgan fingerprint density at radius 2 is 1.13 bits per heavy atom. The molecule has 1 aromatic rings. The average Bonchev–Trinajstić information content (AvgIpc) is 3.76. The van der Waals surface area contributed by atoms with E-state index >= 15 is 0 Å². The topological polar surface area (TPSA) is 152 Å². The minimum Gasteiger partial charge on any atom is -0.515 e. The molecule has 47 heavy (non-hydrogen) atoms. The molecule has 244 valence electrons. The number of H-pyrrole nitrogens is 1. The molecular formula is C36H38N4O7. The molecule has 4 aliphatic rings. The molecule has 8 bridgehead atoms. The number of carbonyl (C=O) groups is 3. The first-order chi connectivity index (χ1) is 22.6. The Kier molecular flexibility index (Phi) is 9.83. The van der Waals surface area contributed by atoms with Crippen molar-refractivity contribution in [3.05, 3.63) is 85.0 Å². The lowest BCUT2D eigenvalue weighted by atomic mass is 9.96. The van der Waals surface area contributed by atoms with E-state index in [1.807, 2.05) is 51.1 Å². The molecule has 4 aliphatic heterocycles. The lowest BCUT2D eigenvalue weighted by molar-refractivity contribution is -0.141. The Morgan fingerprint density at radius 3 is 1.66 bits per heavy atom. The number of esters is 3. The van der Waals surface area contributed by atoms with Gasteiger partial charge in [0.1, 0.15) is 0 Å². The van der Waals surface area contributed by atoms with Crippen LogP contribution < -0.4 is 10.6 Å². The van der Waals surface area contributed by atoms with Crippen molar-refractivity contribution in [1.29, 1.82) is 0 Å². The molecule has 0 radical (unpaired) electrons. The van der Waals surface area contributed by atoms with Crippen LogP contribution in [0, 0.1) is 0 Å². The maximum Gasteiger partial charge on any atom is 0.305 e. The van der Waals surface area contributed by atoms with Crippen molar-refractivity contribution in [2.75, 3.05) is 21.3 Å². The van der Waals surface area contributed by atoms with Crippen molar-refractivity contribution in [2.45, 2.75) is 59.3 Å². The van der Waals surface area contributed by atoms with Gasteiger partial charge < -0.3 is 24.3 Å². The van der Waals surface area contributed by atoms with Gasteiger partial charge in [-0.05, 0) is 104 Å². The molecule has 0 spiro atoms. The third-order valence-corrected chi connectivity index (χ3v) is 8.74. The number of hydrogen-bond donors (Lipinski definition) is 2. The van der Waals surface area contributed by atoms with Gasteiger partial charge in [0.15, 0.2) is 0 Å². The number of aliphatic hydroxyl groups excluding tert-OH is 1. The van der Waals surface area contributed by atoms with Gasteiger partial charge in [-0.1, -0.05) is 0 Å². The van der Waals surface area contributed by atoms with E-state index in [0.717, 1.165) is 39.7 Å². The van der Waals surface area contributed by atoms with Crippen molar-refractivity contribution >= 4 is 53.5 Å². The Bertz CT molecular complexity index is 1970. The highest BCUT2D eigenvalue weighted by molar-refractivity contribution is 6.24. The van der Waals surface area contributed by atoms with E-state index in [0.29, 0.717) is 69.8 Å². The van der Waals surface area contributed by atoms with E-state index in [4.69, 9.17) is 29.2 Å². The van der Waals surface area contributed by atoms with E-state index in [1.165, 1.54) is 21.3 Å². The van der Waals surface area contributed by atoms with Crippen LogP contribution in [0.5, 0.6) is 0 Å². The van der Waals surface area contributed by atoms with Gasteiger partial charge in [0.25, 0.3) is 0 Å². The number of methoxy groups -OCH3 is 3. The maximum absolute atomic E-state index is 12.2. The molecule has 0 fully saturated rings. The number of aliphatic hydroxyl groups is 1. The lowest BCUT2D eigenvalue weighted by Crippen LogP contribution is -2.23. The van der Waals surface area contributed by atoms with E-state index in [1.54, 1.807) is 0 Å². The van der Waals surface area contributed by atoms with Crippen LogP contribution in [0.25, 0.3) is 18.4 Å². The molecule has 0 aliphatic carbocycles. The molecule has 11 nitrogen and oxygen atoms in total. The monoisotopic (exact) mass is 638 g/mol. The Hall–Kier alpha value is -5.32. The van der Waals surface area contributed by atoms with E-state index < -0.39 is 0 Å². The molecular weight excluding hydrogens is 600 g/mol. The highest BCUT2D eigenvalue weighted by Gasteiger charge is 2.27. The van der Waals surface area contributed by atoms with Gasteiger partial charge in [0.2, 0.25) is 0 Å². The van der Waals surface area contributed by atoms with Crippen LogP contribution in [0.1, 0.15) is 65.0 Å².